The lowest BCUT2D eigenvalue weighted by Crippen LogP contribution is -2.30. The Kier molecular flexibility index (Phi) is 69.6. The van der Waals surface area contributed by atoms with E-state index in [4.69, 9.17) is 14.2 Å². The molecule has 0 fully saturated rings. The summed E-state index contributed by atoms with van der Waals surface area (Å²) in [6.07, 6.45) is 91.4. The fourth-order valence-electron chi connectivity index (χ4n) is 11.3. The van der Waals surface area contributed by atoms with Gasteiger partial charge in [-0.25, -0.2) is 0 Å². The van der Waals surface area contributed by atoms with Crippen molar-refractivity contribution in [2.45, 2.75) is 412 Å². The predicted octanol–water partition coefficient (Wildman–Crippen LogP) is 25.7. The second-order valence-electron chi connectivity index (χ2n) is 25.2. The number of carbonyl (C=O) groups is 3. The van der Waals surface area contributed by atoms with Crippen LogP contribution in [0.1, 0.15) is 406 Å². The smallest absolute Gasteiger partial charge is 0.306 e. The van der Waals surface area contributed by atoms with E-state index in [0.29, 0.717) is 19.3 Å². The number of ether oxygens (including phenoxy) is 3. The molecule has 0 aromatic heterocycles. The van der Waals surface area contributed by atoms with Gasteiger partial charge in [0.05, 0.1) is 0 Å². The van der Waals surface area contributed by atoms with E-state index in [-0.39, 0.29) is 31.1 Å². The van der Waals surface area contributed by atoms with E-state index in [2.05, 4.69) is 69.4 Å². The summed E-state index contributed by atoms with van der Waals surface area (Å²) in [5.74, 6) is -0.834. The molecule has 0 amide bonds. The molecule has 0 aliphatic heterocycles. The van der Waals surface area contributed by atoms with Crippen LogP contribution in [-0.2, 0) is 28.6 Å². The maximum Gasteiger partial charge on any atom is 0.306 e. The molecule has 0 aromatic rings. The monoisotopic (exact) mass is 1160 g/mol. The van der Waals surface area contributed by atoms with Crippen LogP contribution >= 0.6 is 0 Å². The highest BCUT2D eigenvalue weighted by molar-refractivity contribution is 5.71. The molecule has 0 heterocycles. The zero-order valence-electron chi connectivity index (χ0n) is 56.0. The van der Waals surface area contributed by atoms with Crippen molar-refractivity contribution in [3.8, 4) is 0 Å². The van der Waals surface area contributed by atoms with Gasteiger partial charge in [-0.3, -0.25) is 14.4 Å². The van der Waals surface area contributed by atoms with Gasteiger partial charge in [0.2, 0.25) is 0 Å². The van der Waals surface area contributed by atoms with Gasteiger partial charge in [-0.15, -0.1) is 0 Å². The summed E-state index contributed by atoms with van der Waals surface area (Å²) in [4.78, 5) is 38.6. The highest BCUT2D eigenvalue weighted by Gasteiger charge is 2.20. The maximum atomic E-state index is 13.0. The van der Waals surface area contributed by atoms with E-state index < -0.39 is 6.10 Å². The van der Waals surface area contributed by atoms with Crippen LogP contribution < -0.4 is 0 Å². The maximum absolute atomic E-state index is 13.0. The minimum Gasteiger partial charge on any atom is -0.462 e. The molecule has 0 spiro atoms. The Morgan fingerprint density at radius 2 is 0.470 bits per heavy atom. The van der Waals surface area contributed by atoms with E-state index in [1.54, 1.807) is 0 Å². The Balaban J connectivity index is 4.30. The van der Waals surface area contributed by atoms with Gasteiger partial charge in [0.15, 0.2) is 6.10 Å². The largest absolute Gasteiger partial charge is 0.462 e. The lowest BCUT2D eigenvalue weighted by molar-refractivity contribution is -0.167. The van der Waals surface area contributed by atoms with Crippen molar-refractivity contribution >= 4 is 17.9 Å². The van der Waals surface area contributed by atoms with E-state index in [0.717, 1.165) is 83.5 Å². The molecule has 486 valence electrons. The van der Waals surface area contributed by atoms with Gasteiger partial charge in [-0.05, 0) is 57.8 Å². The second kappa shape index (κ2) is 71.8. The molecule has 0 saturated heterocycles. The van der Waals surface area contributed by atoms with Crippen LogP contribution in [0.5, 0.6) is 0 Å². The van der Waals surface area contributed by atoms with Crippen LogP contribution in [0.15, 0.2) is 48.6 Å². The van der Waals surface area contributed by atoms with Crippen molar-refractivity contribution in [1.82, 2.24) is 0 Å². The average Bonchev–Trinajstić information content (AvgIpc) is 3.49. The zero-order chi connectivity index (χ0) is 59.9. The average molecular weight is 1160 g/mol. The molecule has 1 unspecified atom stereocenters. The lowest BCUT2D eigenvalue weighted by Gasteiger charge is -2.18. The summed E-state index contributed by atoms with van der Waals surface area (Å²) >= 11 is 0. The van der Waals surface area contributed by atoms with Crippen LogP contribution in [0.2, 0.25) is 0 Å². The normalized spacial score (nSPS) is 12.3. The quantitative estimate of drug-likeness (QED) is 0.0261. The van der Waals surface area contributed by atoms with E-state index in [9.17, 15) is 14.4 Å². The first-order valence-electron chi connectivity index (χ1n) is 37.1. The van der Waals surface area contributed by atoms with Gasteiger partial charge in [0, 0.05) is 19.3 Å². The Morgan fingerprint density at radius 1 is 0.253 bits per heavy atom. The first-order valence-corrected chi connectivity index (χ1v) is 37.1. The van der Waals surface area contributed by atoms with Crippen molar-refractivity contribution in [3.63, 3.8) is 0 Å². The molecular weight excluding hydrogens is 1020 g/mol. The number of hydrogen-bond acceptors (Lipinski definition) is 6. The van der Waals surface area contributed by atoms with Crippen LogP contribution in [0.4, 0.5) is 0 Å². The van der Waals surface area contributed by atoms with Crippen LogP contribution in [0.3, 0.4) is 0 Å². The number of carbonyl (C=O) groups excluding carboxylic acids is 3. The molecule has 0 bridgehead atoms. The van der Waals surface area contributed by atoms with Gasteiger partial charge >= 0.3 is 17.9 Å². The van der Waals surface area contributed by atoms with Crippen molar-refractivity contribution in [3.05, 3.63) is 48.6 Å². The summed E-state index contributed by atoms with van der Waals surface area (Å²) in [6.45, 7) is 6.62. The van der Waals surface area contributed by atoms with E-state index >= 15 is 0 Å². The number of hydrogen-bond donors (Lipinski definition) is 0. The third-order valence-corrected chi connectivity index (χ3v) is 16.8. The topological polar surface area (TPSA) is 78.9 Å². The van der Waals surface area contributed by atoms with Gasteiger partial charge in [0.25, 0.3) is 0 Å². The summed E-state index contributed by atoms with van der Waals surface area (Å²) in [5.41, 5.74) is 0. The number of esters is 3. The second-order valence-corrected chi connectivity index (χ2v) is 25.2. The summed E-state index contributed by atoms with van der Waals surface area (Å²) < 4.78 is 17.1. The van der Waals surface area contributed by atoms with Crippen molar-refractivity contribution < 1.29 is 28.6 Å². The minimum absolute atomic E-state index is 0.0665. The Morgan fingerprint density at radius 3 is 0.735 bits per heavy atom. The first kappa shape index (κ1) is 80.4. The van der Waals surface area contributed by atoms with E-state index in [1.807, 2.05) is 0 Å². The summed E-state index contributed by atoms with van der Waals surface area (Å²) in [6, 6.07) is 0. The standard InChI is InChI=1S/C77H142O6/c1-4-7-10-13-16-19-22-25-28-31-34-37-38-39-40-41-44-46-49-52-55-58-61-64-67-70-76(79)82-73-74(83-77(80)71-68-65-62-59-56-53-50-47-43-36-33-30-27-24-21-18-15-12-9-6-3)72-81-75(78)69-66-63-60-57-54-51-48-45-42-35-32-29-26-23-20-17-14-11-8-5-2/h7,10,16,19,25,28,34,37,74H,4-6,8-9,11-15,17-18,20-24,26-27,29-33,35-36,38-73H2,1-3H3/b10-7-,19-16-,28-25-,37-34-. The zero-order valence-corrected chi connectivity index (χ0v) is 56.0. The molecular formula is C77H142O6. The molecule has 0 aliphatic rings. The Hall–Kier alpha value is -2.63. The molecule has 6 nitrogen and oxygen atoms in total. The SMILES string of the molecule is CC/C=C\C/C=C\C/C=C\C/C=C\CCCCCCCCCCCCCCC(=O)OCC(COC(=O)CCCCCCCCCCCCCCCCCCCCCC)OC(=O)CCCCCCCCCCCCCCCCCCCCCC. The van der Waals surface area contributed by atoms with Crippen LogP contribution in [-0.4, -0.2) is 37.2 Å². The van der Waals surface area contributed by atoms with Gasteiger partial charge in [-0.1, -0.05) is 378 Å². The molecule has 83 heavy (non-hydrogen) atoms. The first-order chi connectivity index (χ1) is 41.0. The highest BCUT2D eigenvalue weighted by Crippen LogP contribution is 2.19. The molecule has 0 radical (unpaired) electrons. The number of allylic oxidation sites excluding steroid dienone is 8. The molecule has 0 rings (SSSR count). The summed E-state index contributed by atoms with van der Waals surface area (Å²) in [7, 11) is 0. The Labute approximate surface area is 518 Å². The molecule has 6 heteroatoms. The van der Waals surface area contributed by atoms with Gasteiger partial charge in [0.1, 0.15) is 13.2 Å². The minimum atomic E-state index is -0.772. The van der Waals surface area contributed by atoms with Gasteiger partial charge < -0.3 is 14.2 Å². The number of rotatable bonds is 69. The van der Waals surface area contributed by atoms with Crippen molar-refractivity contribution in [2.75, 3.05) is 13.2 Å². The molecule has 0 aromatic carbocycles. The van der Waals surface area contributed by atoms with Gasteiger partial charge in [-0.2, -0.15) is 0 Å². The van der Waals surface area contributed by atoms with E-state index in [1.165, 1.54) is 283 Å². The van der Waals surface area contributed by atoms with Crippen molar-refractivity contribution in [1.29, 1.82) is 0 Å². The molecule has 1 atom stereocenters. The van der Waals surface area contributed by atoms with Crippen LogP contribution in [0, 0.1) is 0 Å². The molecule has 0 saturated carbocycles. The highest BCUT2D eigenvalue weighted by atomic mass is 16.6. The third-order valence-electron chi connectivity index (χ3n) is 16.8. The fraction of sp³-hybridized carbons (Fsp3) is 0.857. The lowest BCUT2D eigenvalue weighted by atomic mass is 10.0. The van der Waals surface area contributed by atoms with Crippen molar-refractivity contribution in [2.24, 2.45) is 0 Å². The Bertz CT molecular complexity index is 1430. The molecule has 0 aliphatic carbocycles. The summed E-state index contributed by atoms with van der Waals surface area (Å²) in [5, 5.41) is 0. The predicted molar refractivity (Wildman–Crippen MR) is 362 cm³/mol. The molecule has 0 N–H and O–H groups in total. The fourth-order valence-corrected chi connectivity index (χ4v) is 11.3. The number of unbranched alkanes of at least 4 members (excludes halogenated alkanes) is 50. The third kappa shape index (κ3) is 70.0. The van der Waals surface area contributed by atoms with Crippen LogP contribution in [0.25, 0.3) is 0 Å².